The molecular formula is C31H40N4O3. The van der Waals surface area contributed by atoms with Crippen LogP contribution in [0.3, 0.4) is 0 Å². The fraction of sp³-hybridized carbons (Fsp3) is 0.516. The molecule has 2 aromatic carbocycles. The van der Waals surface area contributed by atoms with Crippen LogP contribution in [0.4, 0.5) is 0 Å². The Kier molecular flexibility index (Phi) is 6.97. The van der Waals surface area contributed by atoms with Crippen molar-refractivity contribution in [2.75, 3.05) is 0 Å². The van der Waals surface area contributed by atoms with Gasteiger partial charge in [0.15, 0.2) is 5.96 Å². The van der Waals surface area contributed by atoms with Gasteiger partial charge in [-0.3, -0.25) is 19.9 Å². The zero-order chi connectivity index (χ0) is 27.1. The summed E-state index contributed by atoms with van der Waals surface area (Å²) in [6, 6.07) is 13.7. The van der Waals surface area contributed by atoms with E-state index in [-0.39, 0.29) is 35.0 Å². The molecule has 2 fully saturated rings. The van der Waals surface area contributed by atoms with Gasteiger partial charge < -0.3 is 15.8 Å². The predicted molar refractivity (Wildman–Crippen MR) is 148 cm³/mol. The number of ether oxygens (including phenoxy) is 1. The van der Waals surface area contributed by atoms with Crippen molar-refractivity contribution in [3.63, 3.8) is 0 Å². The number of rotatable bonds is 8. The van der Waals surface area contributed by atoms with Crippen molar-refractivity contribution in [3.05, 3.63) is 64.7 Å². The van der Waals surface area contributed by atoms with Gasteiger partial charge in [0, 0.05) is 17.0 Å². The molecule has 5 rings (SSSR count). The SMILES string of the molecule is CCCC(c1ccc(C2Cc3ccccc3OC23CCC3)c(C(N)=O)c1)N1C(=N)NC(CC)(CC)CC1=O. The van der Waals surface area contributed by atoms with Crippen LogP contribution in [0.2, 0.25) is 0 Å². The number of nitrogens with zero attached hydrogens (tertiary/aromatic N) is 1. The Labute approximate surface area is 225 Å². The Morgan fingerprint density at radius 2 is 1.92 bits per heavy atom. The van der Waals surface area contributed by atoms with Gasteiger partial charge in [0.05, 0.1) is 12.5 Å². The first-order valence-corrected chi connectivity index (χ1v) is 14.2. The highest BCUT2D eigenvalue weighted by molar-refractivity contribution is 6.00. The molecule has 3 aliphatic rings. The number of carbonyl (C=O) groups is 2. The van der Waals surface area contributed by atoms with Crippen molar-refractivity contribution in [1.29, 1.82) is 5.41 Å². The van der Waals surface area contributed by atoms with Gasteiger partial charge in [-0.1, -0.05) is 57.5 Å². The lowest BCUT2D eigenvalue weighted by atomic mass is 9.64. The van der Waals surface area contributed by atoms with Crippen molar-refractivity contribution >= 4 is 17.8 Å². The third kappa shape index (κ3) is 4.36. The fourth-order valence-electron chi connectivity index (χ4n) is 6.72. The average molecular weight is 517 g/mol. The van der Waals surface area contributed by atoms with Crippen LogP contribution in [0, 0.1) is 5.41 Å². The lowest BCUT2D eigenvalue weighted by molar-refractivity contribution is -0.132. The molecule has 2 atom stereocenters. The maximum Gasteiger partial charge on any atom is 0.249 e. The molecule has 1 spiro atoms. The van der Waals surface area contributed by atoms with E-state index in [9.17, 15) is 9.59 Å². The molecule has 1 aliphatic carbocycles. The number of nitrogens with two attached hydrogens (primary N) is 1. The quantitative estimate of drug-likeness (QED) is 0.425. The van der Waals surface area contributed by atoms with E-state index in [2.05, 4.69) is 32.2 Å². The van der Waals surface area contributed by atoms with Crippen molar-refractivity contribution < 1.29 is 14.3 Å². The number of hydrogen-bond acceptors (Lipinski definition) is 4. The third-order valence-electron chi connectivity index (χ3n) is 9.26. The second-order valence-electron chi connectivity index (χ2n) is 11.3. The van der Waals surface area contributed by atoms with Crippen LogP contribution in [0.15, 0.2) is 42.5 Å². The van der Waals surface area contributed by atoms with E-state index in [1.807, 2.05) is 36.4 Å². The lowest BCUT2D eigenvalue weighted by Crippen LogP contribution is -2.62. The summed E-state index contributed by atoms with van der Waals surface area (Å²) in [5.74, 6) is 0.580. The Morgan fingerprint density at radius 1 is 1.18 bits per heavy atom. The topological polar surface area (TPSA) is 109 Å². The van der Waals surface area contributed by atoms with E-state index in [4.69, 9.17) is 15.9 Å². The summed E-state index contributed by atoms with van der Waals surface area (Å²) < 4.78 is 6.60. The van der Waals surface area contributed by atoms with Crippen LogP contribution in [-0.4, -0.2) is 33.8 Å². The molecule has 7 nitrogen and oxygen atoms in total. The zero-order valence-electron chi connectivity index (χ0n) is 22.8. The Balaban J connectivity index is 1.52. The summed E-state index contributed by atoms with van der Waals surface area (Å²) in [5, 5.41) is 12.1. The van der Waals surface area contributed by atoms with Gasteiger partial charge in [0.2, 0.25) is 11.8 Å². The van der Waals surface area contributed by atoms with Crippen LogP contribution < -0.4 is 15.8 Å². The number of amides is 2. The van der Waals surface area contributed by atoms with Gasteiger partial charge in [-0.15, -0.1) is 0 Å². The number of fused-ring (bicyclic) bond motifs is 1. The summed E-state index contributed by atoms with van der Waals surface area (Å²) in [6.45, 7) is 6.17. The first-order chi connectivity index (χ1) is 18.3. The lowest BCUT2D eigenvalue weighted by Gasteiger charge is -2.51. The maximum atomic E-state index is 13.4. The Hall–Kier alpha value is -3.35. The van der Waals surface area contributed by atoms with Crippen LogP contribution in [0.1, 0.15) is 111 Å². The van der Waals surface area contributed by atoms with E-state index in [1.165, 1.54) is 0 Å². The van der Waals surface area contributed by atoms with Gasteiger partial charge in [-0.2, -0.15) is 0 Å². The van der Waals surface area contributed by atoms with Crippen molar-refractivity contribution in [1.82, 2.24) is 10.2 Å². The van der Waals surface area contributed by atoms with E-state index >= 15 is 0 Å². The molecular weight excluding hydrogens is 476 g/mol. The molecule has 0 aromatic heterocycles. The van der Waals surface area contributed by atoms with Gasteiger partial charge in [-0.05, 0) is 73.8 Å². The fourth-order valence-corrected chi connectivity index (χ4v) is 6.72. The molecule has 2 aliphatic heterocycles. The van der Waals surface area contributed by atoms with Gasteiger partial charge in [0.25, 0.3) is 0 Å². The second-order valence-corrected chi connectivity index (χ2v) is 11.3. The predicted octanol–water partition coefficient (Wildman–Crippen LogP) is 5.58. The summed E-state index contributed by atoms with van der Waals surface area (Å²) in [5.41, 5.74) is 8.69. The standard InChI is InChI=1S/C31H40N4O3/c1-4-10-25(35-27(36)19-30(5-2,6-3)34-29(35)33)20-13-14-22(23(17-20)28(32)37)24-18-21-11-7-8-12-26(21)38-31(24)15-9-16-31/h7-8,11-14,17,24-25H,4-6,9-10,15-16,18-19H2,1-3H3,(H2,32,37)(H2,33,34). The molecule has 4 N–H and O–H groups in total. The van der Waals surface area contributed by atoms with Crippen LogP contribution in [0.25, 0.3) is 0 Å². The highest BCUT2D eigenvalue weighted by atomic mass is 16.5. The highest BCUT2D eigenvalue weighted by Crippen LogP contribution is 2.53. The minimum atomic E-state index is -0.473. The number of carbonyl (C=O) groups excluding carboxylic acids is 2. The number of hydrogen-bond donors (Lipinski definition) is 3. The molecule has 0 bridgehead atoms. The second kappa shape index (κ2) is 10.1. The monoisotopic (exact) mass is 516 g/mol. The average Bonchev–Trinajstić information content (AvgIpc) is 2.90. The summed E-state index contributed by atoms with van der Waals surface area (Å²) in [6.07, 6.45) is 7.22. The summed E-state index contributed by atoms with van der Waals surface area (Å²) in [7, 11) is 0. The van der Waals surface area contributed by atoms with Crippen LogP contribution >= 0.6 is 0 Å². The Morgan fingerprint density at radius 3 is 2.53 bits per heavy atom. The molecule has 2 unspecified atom stereocenters. The van der Waals surface area contributed by atoms with Gasteiger partial charge >= 0.3 is 0 Å². The smallest absolute Gasteiger partial charge is 0.249 e. The minimum Gasteiger partial charge on any atom is -0.486 e. The van der Waals surface area contributed by atoms with E-state index in [1.54, 1.807) is 4.90 Å². The van der Waals surface area contributed by atoms with E-state index < -0.39 is 5.91 Å². The molecule has 1 saturated heterocycles. The summed E-state index contributed by atoms with van der Waals surface area (Å²) >= 11 is 0. The van der Waals surface area contributed by atoms with Gasteiger partial charge in [0.1, 0.15) is 11.4 Å². The molecule has 38 heavy (non-hydrogen) atoms. The van der Waals surface area contributed by atoms with Gasteiger partial charge in [-0.25, -0.2) is 0 Å². The van der Waals surface area contributed by atoms with Crippen LogP contribution in [0.5, 0.6) is 5.75 Å². The normalized spacial score (nSPS) is 22.2. The first kappa shape index (κ1) is 26.3. The highest BCUT2D eigenvalue weighted by Gasteiger charge is 2.51. The number of para-hydroxylation sites is 1. The first-order valence-electron chi connectivity index (χ1n) is 14.2. The molecule has 2 heterocycles. The molecule has 202 valence electrons. The maximum absolute atomic E-state index is 13.4. The molecule has 2 amide bonds. The number of guanidine groups is 1. The summed E-state index contributed by atoms with van der Waals surface area (Å²) in [4.78, 5) is 27.9. The largest absolute Gasteiger partial charge is 0.486 e. The van der Waals surface area contributed by atoms with E-state index in [0.29, 0.717) is 18.4 Å². The zero-order valence-corrected chi connectivity index (χ0v) is 22.8. The van der Waals surface area contributed by atoms with Crippen molar-refractivity contribution in [2.24, 2.45) is 5.73 Å². The minimum absolute atomic E-state index is 0.0265. The Bertz CT molecular complexity index is 1230. The molecule has 7 heteroatoms. The number of primary amides is 1. The van der Waals surface area contributed by atoms with Crippen molar-refractivity contribution in [3.8, 4) is 5.75 Å². The van der Waals surface area contributed by atoms with Crippen molar-refractivity contribution in [2.45, 2.75) is 102 Å². The van der Waals surface area contributed by atoms with E-state index in [0.717, 1.165) is 67.4 Å². The number of benzene rings is 2. The van der Waals surface area contributed by atoms with Crippen LogP contribution in [-0.2, 0) is 11.2 Å². The third-order valence-corrected chi connectivity index (χ3v) is 9.26. The molecule has 2 aromatic rings. The molecule has 0 radical (unpaired) electrons. The molecule has 1 saturated carbocycles. The number of nitrogens with one attached hydrogen (secondary N) is 2.